The van der Waals surface area contributed by atoms with E-state index < -0.39 is 5.97 Å². The second kappa shape index (κ2) is 5.80. The number of carbonyl (C=O) groups is 1. The summed E-state index contributed by atoms with van der Waals surface area (Å²) in [5.74, 6) is -0.150. The minimum absolute atomic E-state index is 0.232. The maximum absolute atomic E-state index is 14.4. The van der Waals surface area contributed by atoms with Crippen LogP contribution < -0.4 is 4.74 Å². The minimum atomic E-state index is -0.417. The zero-order valence-corrected chi connectivity index (χ0v) is 13.1. The first-order chi connectivity index (χ1) is 9.85. The number of aryl methyl sites for hydroxylation is 1. The molecule has 4 heteroatoms. The van der Waals surface area contributed by atoms with Crippen molar-refractivity contribution in [3.63, 3.8) is 0 Å². The van der Waals surface area contributed by atoms with E-state index in [2.05, 4.69) is 11.9 Å². The first kappa shape index (κ1) is 15.4. The first-order valence-electron chi connectivity index (χ1n) is 7.13. The van der Waals surface area contributed by atoms with E-state index in [-0.39, 0.29) is 17.3 Å². The summed E-state index contributed by atoms with van der Waals surface area (Å²) in [5.41, 5.74) is 2.56. The number of rotatable bonds is 3. The maximum Gasteiger partial charge on any atom is 0.308 e. The zero-order chi connectivity index (χ0) is 15.7. The summed E-state index contributed by atoms with van der Waals surface area (Å²) in [7, 11) is 0. The normalized spacial score (nSPS) is 12.5. The molecule has 0 amide bonds. The van der Waals surface area contributed by atoms with E-state index >= 15 is 0 Å². The summed E-state index contributed by atoms with van der Waals surface area (Å²) in [5, 5.41) is 0.559. The van der Waals surface area contributed by atoms with Crippen LogP contribution in [0.5, 0.6) is 5.75 Å². The molecule has 1 atom stereocenters. The van der Waals surface area contributed by atoms with Gasteiger partial charge < -0.3 is 4.74 Å². The summed E-state index contributed by atoms with van der Waals surface area (Å²) in [6.07, 6.45) is 0.909. The summed E-state index contributed by atoms with van der Waals surface area (Å²) in [4.78, 5) is 15.6. The van der Waals surface area contributed by atoms with Gasteiger partial charge in [0.15, 0.2) is 0 Å². The lowest BCUT2D eigenvalue weighted by Crippen LogP contribution is -2.06. The summed E-state index contributed by atoms with van der Waals surface area (Å²) in [6.45, 7) is 9.05. The van der Waals surface area contributed by atoms with E-state index in [0.717, 1.165) is 17.5 Å². The topological polar surface area (TPSA) is 39.2 Å². The predicted octanol–water partition coefficient (Wildman–Crippen LogP) is 4.43. The van der Waals surface area contributed by atoms with Crippen molar-refractivity contribution < 1.29 is 13.9 Å². The summed E-state index contributed by atoms with van der Waals surface area (Å²) < 4.78 is 19.7. The van der Waals surface area contributed by atoms with Gasteiger partial charge in [0.25, 0.3) is 0 Å². The molecule has 0 bridgehead atoms. The molecule has 0 aliphatic carbocycles. The van der Waals surface area contributed by atoms with Crippen molar-refractivity contribution in [3.8, 4) is 5.75 Å². The van der Waals surface area contributed by atoms with Gasteiger partial charge in [-0.3, -0.25) is 4.79 Å². The van der Waals surface area contributed by atoms with Crippen LogP contribution in [-0.2, 0) is 4.79 Å². The maximum atomic E-state index is 14.4. The second-order valence-corrected chi connectivity index (χ2v) is 5.45. The number of benzene rings is 1. The molecular formula is C17H20FNO2. The van der Waals surface area contributed by atoms with Gasteiger partial charge in [-0.2, -0.15) is 0 Å². The van der Waals surface area contributed by atoms with Crippen molar-refractivity contribution in [2.24, 2.45) is 0 Å². The van der Waals surface area contributed by atoms with Crippen LogP contribution in [0.4, 0.5) is 4.39 Å². The third-order valence-corrected chi connectivity index (χ3v) is 3.92. The first-order valence-corrected chi connectivity index (χ1v) is 7.13. The Balaban J connectivity index is 2.80. The van der Waals surface area contributed by atoms with Gasteiger partial charge in [0.05, 0.1) is 0 Å². The van der Waals surface area contributed by atoms with Crippen LogP contribution in [0.15, 0.2) is 12.1 Å². The highest BCUT2D eigenvalue weighted by molar-refractivity contribution is 5.90. The van der Waals surface area contributed by atoms with Gasteiger partial charge in [-0.25, -0.2) is 9.37 Å². The van der Waals surface area contributed by atoms with Crippen LogP contribution in [0.2, 0.25) is 0 Å². The number of nitrogens with zero attached hydrogens (tertiary/aromatic N) is 1. The summed E-state index contributed by atoms with van der Waals surface area (Å²) in [6, 6.07) is 3.40. The molecule has 0 fully saturated rings. The van der Waals surface area contributed by atoms with Gasteiger partial charge >= 0.3 is 5.97 Å². The van der Waals surface area contributed by atoms with Gasteiger partial charge in [-0.05, 0) is 43.9 Å². The number of fused-ring (bicyclic) bond motifs is 1. The van der Waals surface area contributed by atoms with E-state index in [0.29, 0.717) is 16.8 Å². The largest absolute Gasteiger partial charge is 0.426 e. The fourth-order valence-corrected chi connectivity index (χ4v) is 2.32. The van der Waals surface area contributed by atoms with Crippen LogP contribution in [0.25, 0.3) is 10.9 Å². The fourth-order valence-electron chi connectivity index (χ4n) is 2.32. The van der Waals surface area contributed by atoms with Crippen molar-refractivity contribution in [2.45, 2.75) is 47.0 Å². The Hall–Kier alpha value is -1.97. The summed E-state index contributed by atoms with van der Waals surface area (Å²) >= 11 is 0. The molecule has 21 heavy (non-hydrogen) atoms. The van der Waals surface area contributed by atoms with Crippen LogP contribution >= 0.6 is 0 Å². The lowest BCUT2D eigenvalue weighted by atomic mass is 9.96. The lowest BCUT2D eigenvalue weighted by molar-refractivity contribution is -0.131. The van der Waals surface area contributed by atoms with Crippen molar-refractivity contribution in [3.05, 3.63) is 34.8 Å². The second-order valence-electron chi connectivity index (χ2n) is 5.45. The highest BCUT2D eigenvalue weighted by atomic mass is 19.1. The van der Waals surface area contributed by atoms with Crippen LogP contribution in [-0.4, -0.2) is 11.0 Å². The van der Waals surface area contributed by atoms with Crippen molar-refractivity contribution >= 4 is 16.9 Å². The number of ether oxygens (including phenoxy) is 1. The van der Waals surface area contributed by atoms with Crippen LogP contribution in [0, 0.1) is 19.7 Å². The number of carbonyl (C=O) groups excluding carboxylic acids is 1. The number of halogens is 1. The molecule has 0 N–H and O–H groups in total. The molecule has 0 saturated heterocycles. The predicted molar refractivity (Wildman–Crippen MR) is 81.2 cm³/mol. The Morgan fingerprint density at radius 2 is 2.05 bits per heavy atom. The highest BCUT2D eigenvalue weighted by Gasteiger charge is 2.17. The third kappa shape index (κ3) is 2.89. The molecule has 0 spiro atoms. The van der Waals surface area contributed by atoms with Crippen LogP contribution in [0.3, 0.4) is 0 Å². The van der Waals surface area contributed by atoms with Gasteiger partial charge in [0.2, 0.25) is 0 Å². The molecule has 0 radical (unpaired) electrons. The molecule has 0 saturated carbocycles. The average molecular weight is 289 g/mol. The molecule has 2 aromatic rings. The Bertz CT molecular complexity index is 710. The fraction of sp³-hybridized carbons (Fsp3) is 0.412. The Kier molecular flexibility index (Phi) is 4.26. The Morgan fingerprint density at radius 3 is 2.62 bits per heavy atom. The minimum Gasteiger partial charge on any atom is -0.426 e. The van der Waals surface area contributed by atoms with E-state index in [1.54, 1.807) is 6.92 Å². The Labute approximate surface area is 124 Å². The molecule has 0 aliphatic rings. The number of aromatic nitrogens is 1. The Morgan fingerprint density at radius 1 is 1.38 bits per heavy atom. The smallest absolute Gasteiger partial charge is 0.308 e. The van der Waals surface area contributed by atoms with Crippen molar-refractivity contribution in [1.29, 1.82) is 0 Å². The molecule has 1 heterocycles. The quantitative estimate of drug-likeness (QED) is 0.785. The zero-order valence-electron chi connectivity index (χ0n) is 13.1. The van der Waals surface area contributed by atoms with E-state index in [4.69, 9.17) is 4.74 Å². The van der Waals surface area contributed by atoms with E-state index in [9.17, 15) is 9.18 Å². The van der Waals surface area contributed by atoms with E-state index in [1.165, 1.54) is 13.0 Å². The number of hydrogen-bond acceptors (Lipinski definition) is 3. The average Bonchev–Trinajstić information content (AvgIpc) is 2.43. The number of pyridine rings is 1. The van der Waals surface area contributed by atoms with E-state index in [1.807, 2.05) is 19.9 Å². The number of hydrogen-bond donors (Lipinski definition) is 0. The molecule has 0 aliphatic heterocycles. The molecular weight excluding hydrogens is 269 g/mol. The third-order valence-electron chi connectivity index (χ3n) is 3.92. The monoisotopic (exact) mass is 289 g/mol. The lowest BCUT2D eigenvalue weighted by Gasteiger charge is -2.15. The molecule has 3 nitrogen and oxygen atoms in total. The van der Waals surface area contributed by atoms with Crippen molar-refractivity contribution in [2.75, 3.05) is 0 Å². The molecule has 2 rings (SSSR count). The van der Waals surface area contributed by atoms with Crippen molar-refractivity contribution in [1.82, 2.24) is 4.98 Å². The highest BCUT2D eigenvalue weighted by Crippen LogP contribution is 2.34. The molecule has 112 valence electrons. The van der Waals surface area contributed by atoms with Gasteiger partial charge in [0.1, 0.15) is 17.1 Å². The number of esters is 1. The molecule has 1 aromatic heterocycles. The van der Waals surface area contributed by atoms with Gasteiger partial charge in [-0.15, -0.1) is 0 Å². The van der Waals surface area contributed by atoms with Gasteiger partial charge in [-0.1, -0.05) is 13.8 Å². The SMILES string of the molecule is CCC(C)c1cc(F)c2nc(C)c(C)c(OC(C)=O)c2c1. The molecule has 1 aromatic carbocycles. The van der Waals surface area contributed by atoms with Gasteiger partial charge in [0, 0.05) is 23.6 Å². The van der Waals surface area contributed by atoms with Crippen LogP contribution in [0.1, 0.15) is 49.9 Å². The molecule has 1 unspecified atom stereocenters. The standard InChI is InChI=1S/C17H20FNO2/c1-6-9(2)13-7-14-16(15(18)8-13)19-11(4)10(3)17(14)21-12(5)20/h7-9H,6H2,1-5H3.